The Morgan fingerprint density at radius 3 is 2.60 bits per heavy atom. The molecule has 0 amide bonds. The Labute approximate surface area is 120 Å². The smallest absolute Gasteiger partial charge is 0.307 e. The number of unbranched alkanes of at least 4 members (excludes halogenated alkanes) is 1. The first kappa shape index (κ1) is 16.6. The summed E-state index contributed by atoms with van der Waals surface area (Å²) in [5.41, 5.74) is 1.02. The molecule has 1 aromatic carbocycles. The highest BCUT2D eigenvalue weighted by Gasteiger charge is 2.14. The van der Waals surface area contributed by atoms with Crippen molar-refractivity contribution in [1.29, 1.82) is 0 Å². The second kappa shape index (κ2) is 9.48. The van der Waals surface area contributed by atoms with Crippen molar-refractivity contribution in [3.8, 4) is 0 Å². The number of nitrogens with one attached hydrogen (secondary N) is 1. The molecule has 0 bridgehead atoms. The van der Waals surface area contributed by atoms with Gasteiger partial charge in [-0.2, -0.15) is 0 Å². The molecule has 1 rings (SSSR count). The molecule has 0 aliphatic rings. The van der Waals surface area contributed by atoms with Gasteiger partial charge in [0.2, 0.25) is 0 Å². The second-order valence-electron chi connectivity index (χ2n) is 4.84. The maximum atomic E-state index is 12.9. The Hall–Kier alpha value is -1.42. The summed E-state index contributed by atoms with van der Waals surface area (Å²) in [5, 5.41) is 3.38. The van der Waals surface area contributed by atoms with Crippen molar-refractivity contribution in [2.75, 3.05) is 13.2 Å². The van der Waals surface area contributed by atoms with Gasteiger partial charge < -0.3 is 10.1 Å². The highest BCUT2D eigenvalue weighted by Crippen LogP contribution is 2.09. The zero-order valence-electron chi connectivity index (χ0n) is 12.3. The van der Waals surface area contributed by atoms with Crippen LogP contribution >= 0.6 is 0 Å². The fourth-order valence-corrected chi connectivity index (χ4v) is 2.03. The molecule has 1 unspecified atom stereocenters. The minimum absolute atomic E-state index is 0.0334. The molecule has 1 N–H and O–H groups in total. The van der Waals surface area contributed by atoms with Gasteiger partial charge in [-0.3, -0.25) is 4.79 Å². The molecular formula is C16H24FNO2. The van der Waals surface area contributed by atoms with Gasteiger partial charge in [0.1, 0.15) is 5.82 Å². The minimum atomic E-state index is -0.241. The number of ether oxygens (including phenoxy) is 1. The number of hydrogen-bond donors (Lipinski definition) is 1. The summed E-state index contributed by atoms with van der Waals surface area (Å²) in [4.78, 5) is 11.6. The molecule has 0 saturated heterocycles. The van der Waals surface area contributed by atoms with Crippen molar-refractivity contribution >= 4 is 5.97 Å². The highest BCUT2D eigenvalue weighted by molar-refractivity contribution is 5.70. The molecule has 0 saturated carbocycles. The van der Waals surface area contributed by atoms with Crippen LogP contribution in [0.15, 0.2) is 24.3 Å². The van der Waals surface area contributed by atoms with Gasteiger partial charge >= 0.3 is 5.97 Å². The normalized spacial score (nSPS) is 12.2. The van der Waals surface area contributed by atoms with Gasteiger partial charge in [0.05, 0.1) is 13.0 Å². The van der Waals surface area contributed by atoms with Gasteiger partial charge in [-0.15, -0.1) is 0 Å². The average molecular weight is 281 g/mol. The minimum Gasteiger partial charge on any atom is -0.466 e. The van der Waals surface area contributed by atoms with Gasteiger partial charge in [0.25, 0.3) is 0 Å². The Bertz CT molecular complexity index is 392. The van der Waals surface area contributed by atoms with Gasteiger partial charge in [0.15, 0.2) is 0 Å². The molecule has 0 spiro atoms. The van der Waals surface area contributed by atoms with E-state index in [4.69, 9.17) is 4.74 Å². The van der Waals surface area contributed by atoms with Gasteiger partial charge in [-0.05, 0) is 44.0 Å². The van der Waals surface area contributed by atoms with Crippen molar-refractivity contribution in [3.63, 3.8) is 0 Å². The number of halogens is 1. The van der Waals surface area contributed by atoms with Crippen LogP contribution in [0, 0.1) is 5.82 Å². The zero-order chi connectivity index (χ0) is 14.8. The summed E-state index contributed by atoms with van der Waals surface area (Å²) < 4.78 is 17.9. The summed E-state index contributed by atoms with van der Waals surface area (Å²) in [6.45, 7) is 5.21. The van der Waals surface area contributed by atoms with Crippen LogP contribution in [0.5, 0.6) is 0 Å². The molecule has 20 heavy (non-hydrogen) atoms. The fourth-order valence-electron chi connectivity index (χ4n) is 2.03. The maximum absolute atomic E-state index is 12.9. The highest BCUT2D eigenvalue weighted by atomic mass is 19.1. The number of rotatable bonds is 9. The van der Waals surface area contributed by atoms with Crippen LogP contribution in [0.4, 0.5) is 4.39 Å². The first-order chi connectivity index (χ1) is 9.65. The largest absolute Gasteiger partial charge is 0.466 e. The molecule has 0 radical (unpaired) electrons. The SMILES string of the molecule is CCCCNC(CC(=O)OCC)Cc1ccc(F)cc1. The van der Waals surface area contributed by atoms with Crippen molar-refractivity contribution < 1.29 is 13.9 Å². The third kappa shape index (κ3) is 6.66. The van der Waals surface area contributed by atoms with E-state index in [9.17, 15) is 9.18 Å². The van der Waals surface area contributed by atoms with Crippen LogP contribution in [-0.2, 0) is 16.0 Å². The van der Waals surface area contributed by atoms with E-state index in [0.717, 1.165) is 24.9 Å². The predicted molar refractivity (Wildman–Crippen MR) is 78.1 cm³/mol. The van der Waals surface area contributed by atoms with Gasteiger partial charge in [-0.25, -0.2) is 4.39 Å². The lowest BCUT2D eigenvalue weighted by atomic mass is 10.0. The number of benzene rings is 1. The van der Waals surface area contributed by atoms with Crippen molar-refractivity contribution in [3.05, 3.63) is 35.6 Å². The van der Waals surface area contributed by atoms with Crippen LogP contribution in [0.1, 0.15) is 38.7 Å². The number of carbonyl (C=O) groups excluding carboxylic acids is 1. The lowest BCUT2D eigenvalue weighted by Crippen LogP contribution is -2.34. The summed E-state index contributed by atoms with van der Waals surface area (Å²) in [6, 6.07) is 6.45. The maximum Gasteiger partial charge on any atom is 0.307 e. The second-order valence-corrected chi connectivity index (χ2v) is 4.84. The number of hydrogen-bond acceptors (Lipinski definition) is 3. The molecule has 4 heteroatoms. The fraction of sp³-hybridized carbons (Fsp3) is 0.562. The Morgan fingerprint density at radius 2 is 2.00 bits per heavy atom. The zero-order valence-corrected chi connectivity index (χ0v) is 12.3. The molecule has 0 aliphatic carbocycles. The van der Waals surface area contributed by atoms with Crippen LogP contribution in [0.3, 0.4) is 0 Å². The van der Waals surface area contributed by atoms with E-state index in [1.54, 1.807) is 19.1 Å². The van der Waals surface area contributed by atoms with E-state index in [2.05, 4.69) is 12.2 Å². The van der Waals surface area contributed by atoms with Crippen LogP contribution in [0.2, 0.25) is 0 Å². The van der Waals surface area contributed by atoms with Crippen LogP contribution in [0.25, 0.3) is 0 Å². The quantitative estimate of drug-likeness (QED) is 0.558. The molecule has 112 valence electrons. The summed E-state index contributed by atoms with van der Waals surface area (Å²) in [7, 11) is 0. The average Bonchev–Trinajstić information content (AvgIpc) is 2.42. The number of carbonyl (C=O) groups is 1. The molecule has 0 fully saturated rings. The van der Waals surface area contributed by atoms with E-state index < -0.39 is 0 Å². The van der Waals surface area contributed by atoms with E-state index in [-0.39, 0.29) is 17.8 Å². The number of esters is 1. The first-order valence-corrected chi connectivity index (χ1v) is 7.29. The third-order valence-electron chi connectivity index (χ3n) is 3.08. The topological polar surface area (TPSA) is 38.3 Å². The predicted octanol–water partition coefficient (Wildman–Crippen LogP) is 3.08. The van der Waals surface area contributed by atoms with Crippen molar-refractivity contribution in [1.82, 2.24) is 5.32 Å². The molecule has 0 heterocycles. The van der Waals surface area contributed by atoms with Crippen molar-refractivity contribution in [2.24, 2.45) is 0 Å². The third-order valence-corrected chi connectivity index (χ3v) is 3.08. The van der Waals surface area contributed by atoms with Gasteiger partial charge in [-0.1, -0.05) is 25.5 Å². The monoisotopic (exact) mass is 281 g/mol. The molecular weight excluding hydrogens is 257 g/mol. The lowest BCUT2D eigenvalue weighted by molar-refractivity contribution is -0.143. The van der Waals surface area contributed by atoms with Crippen molar-refractivity contribution in [2.45, 2.75) is 45.6 Å². The van der Waals surface area contributed by atoms with Gasteiger partial charge in [0, 0.05) is 6.04 Å². The lowest BCUT2D eigenvalue weighted by Gasteiger charge is -2.18. The summed E-state index contributed by atoms with van der Waals surface area (Å²) in [5.74, 6) is -0.432. The van der Waals surface area contributed by atoms with E-state index in [1.165, 1.54) is 12.1 Å². The molecule has 1 atom stereocenters. The Kier molecular flexibility index (Phi) is 7.88. The molecule has 3 nitrogen and oxygen atoms in total. The van der Waals surface area contributed by atoms with E-state index in [1.807, 2.05) is 0 Å². The molecule has 0 aromatic heterocycles. The standard InChI is InChI=1S/C16H24FNO2/c1-3-5-10-18-15(12-16(19)20-4-2)11-13-6-8-14(17)9-7-13/h6-9,15,18H,3-5,10-12H2,1-2H3. The summed E-state index contributed by atoms with van der Waals surface area (Å²) in [6.07, 6.45) is 3.22. The Morgan fingerprint density at radius 1 is 1.30 bits per heavy atom. The molecule has 0 aliphatic heterocycles. The van der Waals surface area contributed by atoms with E-state index >= 15 is 0 Å². The Balaban J connectivity index is 2.56. The van der Waals surface area contributed by atoms with Crippen LogP contribution < -0.4 is 5.32 Å². The van der Waals surface area contributed by atoms with Crippen LogP contribution in [-0.4, -0.2) is 25.2 Å². The molecule has 1 aromatic rings. The van der Waals surface area contributed by atoms with E-state index in [0.29, 0.717) is 19.4 Å². The summed E-state index contributed by atoms with van der Waals surface area (Å²) >= 11 is 0. The first-order valence-electron chi connectivity index (χ1n) is 7.29.